The first kappa shape index (κ1) is 21.5. The van der Waals surface area contributed by atoms with E-state index in [4.69, 9.17) is 27.9 Å². The molecule has 0 aliphatic heterocycles. The normalized spacial score (nSPS) is 12.3. The summed E-state index contributed by atoms with van der Waals surface area (Å²) in [6.07, 6.45) is 3.51. The Bertz CT molecular complexity index is 981. The zero-order valence-electron chi connectivity index (χ0n) is 16.8. The maximum absolute atomic E-state index is 12.5. The lowest BCUT2D eigenvalue weighted by molar-refractivity contribution is 0.102. The van der Waals surface area contributed by atoms with E-state index in [-0.39, 0.29) is 12.0 Å². The van der Waals surface area contributed by atoms with Crippen LogP contribution in [0.25, 0.3) is 10.9 Å². The van der Waals surface area contributed by atoms with Crippen LogP contribution in [0.2, 0.25) is 10.0 Å². The van der Waals surface area contributed by atoms with Gasteiger partial charge in [0.25, 0.3) is 5.91 Å². The number of aromatic amines is 1. The average molecular weight is 434 g/mol. The highest BCUT2D eigenvalue weighted by Gasteiger charge is 2.14. The van der Waals surface area contributed by atoms with Gasteiger partial charge < -0.3 is 10.1 Å². The summed E-state index contributed by atoms with van der Waals surface area (Å²) in [5.41, 5.74) is 1.16. The van der Waals surface area contributed by atoms with E-state index >= 15 is 0 Å². The molecule has 0 spiro atoms. The number of halogens is 2. The second-order valence-corrected chi connectivity index (χ2v) is 8.52. The molecular weight excluding hydrogens is 409 g/mol. The molecule has 3 aromatic rings. The largest absolute Gasteiger partial charge is 0.491 e. The number of rotatable bonds is 8. The molecule has 5 nitrogen and oxygen atoms in total. The zero-order chi connectivity index (χ0) is 21.0. The number of hydrogen-bond donors (Lipinski definition) is 2. The molecule has 7 heteroatoms. The minimum absolute atomic E-state index is 0.140. The van der Waals surface area contributed by atoms with E-state index in [0.717, 1.165) is 29.5 Å². The maximum Gasteiger partial charge on any atom is 0.256 e. The number of nitrogens with one attached hydrogen (secondary N) is 2. The predicted octanol–water partition coefficient (Wildman–Crippen LogP) is 6.72. The van der Waals surface area contributed by atoms with Crippen LogP contribution in [0.3, 0.4) is 0 Å². The third-order valence-corrected chi connectivity index (χ3v) is 5.06. The summed E-state index contributed by atoms with van der Waals surface area (Å²) in [5.74, 6) is 1.59. The lowest BCUT2D eigenvalue weighted by Gasteiger charge is -2.15. The van der Waals surface area contributed by atoms with Crippen LogP contribution in [0, 0.1) is 5.92 Å². The minimum Gasteiger partial charge on any atom is -0.491 e. The Balaban J connectivity index is 1.68. The summed E-state index contributed by atoms with van der Waals surface area (Å²) < 4.78 is 6.03. The topological polar surface area (TPSA) is 67.0 Å². The molecule has 2 N–H and O–H groups in total. The van der Waals surface area contributed by atoms with E-state index < -0.39 is 0 Å². The molecule has 1 aromatic heterocycles. The fraction of sp³-hybridized carbons (Fsp3) is 0.364. The zero-order valence-corrected chi connectivity index (χ0v) is 18.3. The highest BCUT2D eigenvalue weighted by Crippen LogP contribution is 2.27. The highest BCUT2D eigenvalue weighted by atomic mass is 35.5. The Morgan fingerprint density at radius 1 is 1.10 bits per heavy atom. The smallest absolute Gasteiger partial charge is 0.256 e. The van der Waals surface area contributed by atoms with Gasteiger partial charge in [-0.05, 0) is 56.0 Å². The van der Waals surface area contributed by atoms with Crippen molar-refractivity contribution in [3.05, 3.63) is 52.0 Å². The molecular formula is C22H25Cl2N3O2. The van der Waals surface area contributed by atoms with Gasteiger partial charge in [-0.2, -0.15) is 5.10 Å². The molecule has 3 rings (SSSR count). The quantitative estimate of drug-likeness (QED) is 0.414. The van der Waals surface area contributed by atoms with Gasteiger partial charge in [0.2, 0.25) is 0 Å². The second-order valence-electron chi connectivity index (χ2n) is 7.65. The number of carbonyl (C=O) groups is 1. The molecule has 0 saturated carbocycles. The average Bonchev–Trinajstić information content (AvgIpc) is 3.02. The maximum atomic E-state index is 12.5. The lowest BCUT2D eigenvalue weighted by atomic mass is 10.0. The molecule has 1 heterocycles. The van der Waals surface area contributed by atoms with Gasteiger partial charge in [0, 0.05) is 27.1 Å². The van der Waals surface area contributed by atoms with Gasteiger partial charge in [0.1, 0.15) is 5.75 Å². The van der Waals surface area contributed by atoms with Crippen molar-refractivity contribution < 1.29 is 9.53 Å². The molecule has 154 valence electrons. The van der Waals surface area contributed by atoms with Crippen LogP contribution in [-0.2, 0) is 0 Å². The molecule has 0 bridgehead atoms. The van der Waals surface area contributed by atoms with Crippen molar-refractivity contribution in [2.24, 2.45) is 5.92 Å². The number of fused-ring (bicyclic) bond motifs is 1. The first-order valence-electron chi connectivity index (χ1n) is 9.74. The van der Waals surface area contributed by atoms with E-state index in [0.29, 0.717) is 27.3 Å². The number of ether oxygens (including phenoxy) is 1. The van der Waals surface area contributed by atoms with Gasteiger partial charge in [0.05, 0.1) is 11.6 Å². The van der Waals surface area contributed by atoms with Crippen molar-refractivity contribution in [1.29, 1.82) is 0 Å². The lowest BCUT2D eigenvalue weighted by Crippen LogP contribution is -2.12. The summed E-state index contributed by atoms with van der Waals surface area (Å²) in [5, 5.41) is 11.6. The van der Waals surface area contributed by atoms with Crippen LogP contribution >= 0.6 is 23.2 Å². The summed E-state index contributed by atoms with van der Waals surface area (Å²) in [4.78, 5) is 12.5. The number of amides is 1. The number of hydrogen-bond acceptors (Lipinski definition) is 3. The van der Waals surface area contributed by atoms with Gasteiger partial charge in [-0.1, -0.05) is 43.5 Å². The Morgan fingerprint density at radius 2 is 1.83 bits per heavy atom. The van der Waals surface area contributed by atoms with E-state index in [1.807, 2.05) is 18.2 Å². The number of anilines is 1. The molecule has 0 fully saturated rings. The van der Waals surface area contributed by atoms with Crippen molar-refractivity contribution in [2.45, 2.75) is 46.1 Å². The van der Waals surface area contributed by atoms with Crippen molar-refractivity contribution >= 4 is 45.8 Å². The van der Waals surface area contributed by atoms with E-state index in [1.54, 1.807) is 18.2 Å². The third-order valence-electron chi connectivity index (χ3n) is 4.62. The van der Waals surface area contributed by atoms with Gasteiger partial charge in [-0.15, -0.1) is 0 Å². The first-order valence-corrected chi connectivity index (χ1v) is 10.5. The first-order chi connectivity index (χ1) is 13.8. The molecule has 0 aliphatic carbocycles. The van der Waals surface area contributed by atoms with Crippen molar-refractivity contribution in [3.63, 3.8) is 0 Å². The summed E-state index contributed by atoms with van der Waals surface area (Å²) in [7, 11) is 0. The number of aromatic nitrogens is 2. The van der Waals surface area contributed by atoms with Gasteiger partial charge in [-0.3, -0.25) is 9.89 Å². The molecule has 29 heavy (non-hydrogen) atoms. The van der Waals surface area contributed by atoms with Crippen LogP contribution < -0.4 is 10.1 Å². The van der Waals surface area contributed by atoms with Crippen LogP contribution in [0.15, 0.2) is 36.4 Å². The minimum atomic E-state index is -0.332. The predicted molar refractivity (Wildman–Crippen MR) is 119 cm³/mol. The fourth-order valence-electron chi connectivity index (χ4n) is 3.14. The Morgan fingerprint density at radius 3 is 2.52 bits per heavy atom. The molecule has 1 atom stereocenters. The summed E-state index contributed by atoms with van der Waals surface area (Å²) in [6.45, 7) is 6.54. The Labute approximate surface area is 180 Å². The van der Waals surface area contributed by atoms with Crippen molar-refractivity contribution in [1.82, 2.24) is 10.2 Å². The van der Waals surface area contributed by atoms with E-state index in [2.05, 4.69) is 36.3 Å². The number of nitrogens with zero attached hydrogens (tertiary/aromatic N) is 1. The van der Waals surface area contributed by atoms with Gasteiger partial charge in [-0.25, -0.2) is 0 Å². The number of benzene rings is 2. The molecule has 0 aliphatic rings. The van der Waals surface area contributed by atoms with Crippen LogP contribution in [0.1, 0.15) is 50.4 Å². The number of H-pyrrole nitrogens is 1. The van der Waals surface area contributed by atoms with Crippen LogP contribution in [0.5, 0.6) is 5.75 Å². The van der Waals surface area contributed by atoms with Crippen LogP contribution in [-0.4, -0.2) is 22.2 Å². The van der Waals surface area contributed by atoms with Gasteiger partial charge >= 0.3 is 0 Å². The SMILES string of the molecule is CC(C)CCCC(C)Oc1ccc2c(NC(=O)c3cc(Cl)cc(Cl)c3)n[nH]c2c1. The second kappa shape index (κ2) is 9.51. The summed E-state index contributed by atoms with van der Waals surface area (Å²) in [6, 6.07) is 10.4. The fourth-order valence-corrected chi connectivity index (χ4v) is 3.66. The monoisotopic (exact) mass is 433 g/mol. The molecule has 1 amide bonds. The molecule has 0 saturated heterocycles. The van der Waals surface area contributed by atoms with Crippen LogP contribution in [0.4, 0.5) is 5.82 Å². The standard InChI is InChI=1S/C22H25Cl2N3O2/c1-13(2)5-4-6-14(3)29-18-7-8-19-20(12-18)26-27-21(19)25-22(28)15-9-16(23)11-17(24)10-15/h7-14H,4-6H2,1-3H3,(H2,25,26,27,28). The Kier molecular flexibility index (Phi) is 7.04. The molecule has 1 unspecified atom stereocenters. The van der Waals surface area contributed by atoms with Gasteiger partial charge in [0.15, 0.2) is 5.82 Å². The number of carbonyl (C=O) groups excluding carboxylic acids is 1. The third kappa shape index (κ3) is 5.87. The van der Waals surface area contributed by atoms with Crippen molar-refractivity contribution in [2.75, 3.05) is 5.32 Å². The highest BCUT2D eigenvalue weighted by molar-refractivity contribution is 6.35. The molecule has 2 aromatic carbocycles. The summed E-state index contributed by atoms with van der Waals surface area (Å²) >= 11 is 12.0. The van der Waals surface area contributed by atoms with E-state index in [1.165, 1.54) is 6.42 Å². The molecule has 0 radical (unpaired) electrons. The van der Waals surface area contributed by atoms with Crippen molar-refractivity contribution in [3.8, 4) is 5.75 Å². The Hall–Kier alpha value is -2.24. The van der Waals surface area contributed by atoms with E-state index in [9.17, 15) is 4.79 Å².